The van der Waals surface area contributed by atoms with Gasteiger partial charge < -0.3 is 21.6 Å². The van der Waals surface area contributed by atoms with Crippen LogP contribution in [-0.4, -0.2) is 4.98 Å². The second-order valence-corrected chi connectivity index (χ2v) is 5.63. The van der Waals surface area contributed by atoms with Crippen LogP contribution in [0.4, 0.5) is 17.3 Å². The molecule has 0 atom stereocenters. The molecule has 7 heteroatoms. The normalized spacial score (nSPS) is 10.2. The van der Waals surface area contributed by atoms with Crippen molar-refractivity contribution in [3.05, 3.63) is 65.7 Å². The predicted molar refractivity (Wildman–Crippen MR) is 102 cm³/mol. The quantitative estimate of drug-likeness (QED) is 0.412. The summed E-state index contributed by atoms with van der Waals surface area (Å²) in [7, 11) is 0. The number of nitrogens with two attached hydrogens (primary N) is 3. The van der Waals surface area contributed by atoms with E-state index in [1.807, 2.05) is 36.4 Å². The van der Waals surface area contributed by atoms with E-state index in [0.717, 1.165) is 16.7 Å². The van der Waals surface area contributed by atoms with Crippen molar-refractivity contribution in [1.29, 1.82) is 5.26 Å². The number of anilines is 3. The standard InChI is InChI=1S/C19H18N6O/c20-10-12-4-6-14(7-5-12)15-3-1-2-13(8-15)11-26-16-9-17(21)24-19(25-23)18(16)22/h1-9H,11,22-23H2,(H3,21,24,25). The minimum atomic E-state index is 0.258. The Bertz CT molecular complexity index is 963. The number of pyridine rings is 1. The Labute approximate surface area is 151 Å². The van der Waals surface area contributed by atoms with Gasteiger partial charge in [0.25, 0.3) is 0 Å². The Morgan fingerprint density at radius 2 is 1.81 bits per heavy atom. The summed E-state index contributed by atoms with van der Waals surface area (Å²) < 4.78 is 5.79. The molecule has 2 aromatic carbocycles. The van der Waals surface area contributed by atoms with E-state index in [1.165, 1.54) is 0 Å². The minimum Gasteiger partial charge on any atom is -0.486 e. The molecule has 0 spiro atoms. The molecule has 26 heavy (non-hydrogen) atoms. The van der Waals surface area contributed by atoms with Gasteiger partial charge in [0.1, 0.15) is 23.9 Å². The summed E-state index contributed by atoms with van der Waals surface area (Å²) >= 11 is 0. The lowest BCUT2D eigenvalue weighted by molar-refractivity contribution is 0.308. The van der Waals surface area contributed by atoms with Crippen molar-refractivity contribution in [3.63, 3.8) is 0 Å². The first-order valence-corrected chi connectivity index (χ1v) is 7.85. The third kappa shape index (κ3) is 3.66. The highest BCUT2D eigenvalue weighted by molar-refractivity contribution is 5.71. The maximum Gasteiger partial charge on any atom is 0.169 e. The van der Waals surface area contributed by atoms with Crippen molar-refractivity contribution >= 4 is 17.3 Å². The van der Waals surface area contributed by atoms with Crippen molar-refractivity contribution in [1.82, 2.24) is 4.98 Å². The van der Waals surface area contributed by atoms with E-state index in [0.29, 0.717) is 23.6 Å². The third-order valence-corrected chi connectivity index (χ3v) is 3.85. The fraction of sp³-hybridized carbons (Fsp3) is 0.0526. The van der Waals surface area contributed by atoms with Crippen molar-refractivity contribution in [2.24, 2.45) is 5.84 Å². The predicted octanol–water partition coefficient (Wildman–Crippen LogP) is 2.65. The van der Waals surface area contributed by atoms with Crippen LogP contribution in [0.1, 0.15) is 11.1 Å². The summed E-state index contributed by atoms with van der Waals surface area (Å²) in [6.45, 7) is 0.307. The first-order chi connectivity index (χ1) is 12.6. The van der Waals surface area contributed by atoms with Crippen LogP contribution >= 0.6 is 0 Å². The Hall–Kier alpha value is -3.76. The lowest BCUT2D eigenvalue weighted by Crippen LogP contribution is -2.13. The summed E-state index contributed by atoms with van der Waals surface area (Å²) in [5, 5.41) is 8.90. The average molecular weight is 346 g/mol. The number of hydrogen-bond acceptors (Lipinski definition) is 7. The summed E-state index contributed by atoms with van der Waals surface area (Å²) in [6.07, 6.45) is 0. The molecule has 1 aromatic heterocycles. The fourth-order valence-corrected chi connectivity index (χ4v) is 2.52. The average Bonchev–Trinajstić information content (AvgIpc) is 2.68. The van der Waals surface area contributed by atoms with Gasteiger partial charge in [0.15, 0.2) is 5.82 Å². The summed E-state index contributed by atoms with van der Waals surface area (Å²) in [5.41, 5.74) is 18.0. The van der Waals surface area contributed by atoms with Crippen LogP contribution < -0.4 is 27.5 Å². The van der Waals surface area contributed by atoms with Gasteiger partial charge in [-0.1, -0.05) is 30.3 Å². The molecular weight excluding hydrogens is 328 g/mol. The van der Waals surface area contributed by atoms with Gasteiger partial charge in [0, 0.05) is 6.07 Å². The van der Waals surface area contributed by atoms with Gasteiger partial charge in [-0.15, -0.1) is 0 Å². The SMILES string of the molecule is N#Cc1ccc(-c2cccc(COc3cc(N)nc(NN)c3N)c2)cc1. The summed E-state index contributed by atoms with van der Waals surface area (Å²) in [4.78, 5) is 3.99. The molecule has 7 nitrogen and oxygen atoms in total. The number of benzene rings is 2. The van der Waals surface area contributed by atoms with E-state index in [4.69, 9.17) is 27.3 Å². The molecule has 0 saturated carbocycles. The Morgan fingerprint density at radius 1 is 1.04 bits per heavy atom. The highest BCUT2D eigenvalue weighted by Crippen LogP contribution is 2.30. The first kappa shape index (κ1) is 17.1. The molecular formula is C19H18N6O. The van der Waals surface area contributed by atoms with Crippen molar-refractivity contribution in [3.8, 4) is 22.9 Å². The van der Waals surface area contributed by atoms with E-state index >= 15 is 0 Å². The topological polar surface area (TPSA) is 136 Å². The number of nitrogen functional groups attached to an aromatic ring is 3. The van der Waals surface area contributed by atoms with E-state index in [2.05, 4.69) is 16.5 Å². The second kappa shape index (κ2) is 7.42. The zero-order valence-corrected chi connectivity index (χ0v) is 13.9. The molecule has 7 N–H and O–H groups in total. The maximum absolute atomic E-state index is 8.90. The smallest absolute Gasteiger partial charge is 0.169 e. The molecule has 0 unspecified atom stereocenters. The zero-order valence-electron chi connectivity index (χ0n) is 13.9. The number of aromatic nitrogens is 1. The van der Waals surface area contributed by atoms with Crippen molar-refractivity contribution in [2.45, 2.75) is 6.61 Å². The highest BCUT2D eigenvalue weighted by Gasteiger charge is 2.10. The molecule has 0 amide bonds. The van der Waals surface area contributed by atoms with E-state index < -0.39 is 0 Å². The van der Waals surface area contributed by atoms with Gasteiger partial charge in [0.05, 0.1) is 11.6 Å². The lowest BCUT2D eigenvalue weighted by Gasteiger charge is -2.13. The summed E-state index contributed by atoms with van der Waals surface area (Å²) in [5.74, 6) is 6.32. The number of hydrogen-bond donors (Lipinski definition) is 4. The highest BCUT2D eigenvalue weighted by atomic mass is 16.5. The lowest BCUT2D eigenvalue weighted by atomic mass is 10.0. The number of nitriles is 1. The van der Waals surface area contributed by atoms with Gasteiger partial charge in [-0.25, -0.2) is 10.8 Å². The number of ether oxygens (including phenoxy) is 1. The maximum atomic E-state index is 8.90. The third-order valence-electron chi connectivity index (χ3n) is 3.85. The van der Waals surface area contributed by atoms with E-state index in [9.17, 15) is 0 Å². The van der Waals surface area contributed by atoms with Gasteiger partial charge in [0.2, 0.25) is 0 Å². The van der Waals surface area contributed by atoms with Crippen LogP contribution in [0.5, 0.6) is 5.75 Å². The summed E-state index contributed by atoms with van der Waals surface area (Å²) in [6, 6.07) is 19.0. The van der Waals surface area contributed by atoms with Gasteiger partial charge >= 0.3 is 0 Å². The Kier molecular flexibility index (Phi) is 4.87. The van der Waals surface area contributed by atoms with Crippen LogP contribution in [0.2, 0.25) is 0 Å². The molecule has 0 bridgehead atoms. The first-order valence-electron chi connectivity index (χ1n) is 7.85. The zero-order chi connectivity index (χ0) is 18.5. The number of hydrazine groups is 1. The number of nitrogens with zero attached hydrogens (tertiary/aromatic N) is 2. The molecule has 1 heterocycles. The largest absolute Gasteiger partial charge is 0.486 e. The molecule has 130 valence electrons. The van der Waals surface area contributed by atoms with Crippen LogP contribution in [-0.2, 0) is 6.61 Å². The van der Waals surface area contributed by atoms with Gasteiger partial charge in [-0.05, 0) is 34.9 Å². The monoisotopic (exact) mass is 346 g/mol. The molecule has 3 rings (SSSR count). The van der Waals surface area contributed by atoms with Crippen LogP contribution in [0.15, 0.2) is 54.6 Å². The molecule has 3 aromatic rings. The molecule has 0 fully saturated rings. The van der Waals surface area contributed by atoms with Crippen molar-refractivity contribution in [2.75, 3.05) is 16.9 Å². The molecule has 0 aliphatic heterocycles. The number of nitrogens with one attached hydrogen (secondary N) is 1. The van der Waals surface area contributed by atoms with E-state index in [-0.39, 0.29) is 11.6 Å². The Morgan fingerprint density at radius 3 is 2.50 bits per heavy atom. The second-order valence-electron chi connectivity index (χ2n) is 5.63. The number of rotatable bonds is 5. The molecule has 0 aliphatic rings. The molecule has 0 radical (unpaired) electrons. The molecule has 0 aliphatic carbocycles. The van der Waals surface area contributed by atoms with E-state index in [1.54, 1.807) is 18.2 Å². The Balaban J connectivity index is 1.79. The fourth-order valence-electron chi connectivity index (χ4n) is 2.52. The van der Waals surface area contributed by atoms with Gasteiger partial charge in [-0.3, -0.25) is 0 Å². The van der Waals surface area contributed by atoms with Crippen LogP contribution in [0.25, 0.3) is 11.1 Å². The molecule has 0 saturated heterocycles. The van der Waals surface area contributed by atoms with Gasteiger partial charge in [-0.2, -0.15) is 5.26 Å². The van der Waals surface area contributed by atoms with Crippen LogP contribution in [0, 0.1) is 11.3 Å². The van der Waals surface area contributed by atoms with Crippen molar-refractivity contribution < 1.29 is 4.74 Å². The minimum absolute atomic E-state index is 0.258. The van der Waals surface area contributed by atoms with Crippen LogP contribution in [0.3, 0.4) is 0 Å².